The fourth-order valence-corrected chi connectivity index (χ4v) is 3.08. The Kier molecular flexibility index (Phi) is 3.41. The van der Waals surface area contributed by atoms with E-state index < -0.39 is 0 Å². The first kappa shape index (κ1) is 14.0. The third kappa shape index (κ3) is 2.51. The van der Waals surface area contributed by atoms with Crippen molar-refractivity contribution >= 4 is 16.9 Å². The Morgan fingerprint density at radius 3 is 2.67 bits per heavy atom. The molecule has 6 heteroatoms. The molecule has 0 aliphatic carbocycles. The van der Waals surface area contributed by atoms with Gasteiger partial charge in [0.1, 0.15) is 0 Å². The summed E-state index contributed by atoms with van der Waals surface area (Å²) < 4.78 is 1.71. The summed E-state index contributed by atoms with van der Waals surface area (Å²) in [6, 6.07) is 2.49. The molecule has 0 aromatic carbocycles. The van der Waals surface area contributed by atoms with E-state index in [2.05, 4.69) is 29.2 Å². The van der Waals surface area contributed by atoms with Gasteiger partial charge in [0.25, 0.3) is 5.91 Å². The van der Waals surface area contributed by atoms with Gasteiger partial charge in [0.15, 0.2) is 5.65 Å². The van der Waals surface area contributed by atoms with Crippen molar-refractivity contribution in [1.82, 2.24) is 25.0 Å². The van der Waals surface area contributed by atoms with Crippen molar-refractivity contribution in [3.8, 4) is 0 Å². The molecule has 3 heterocycles. The first-order valence-electron chi connectivity index (χ1n) is 7.30. The van der Waals surface area contributed by atoms with Crippen molar-refractivity contribution in [3.05, 3.63) is 23.5 Å². The molecule has 2 aromatic heterocycles. The molecule has 3 rings (SSSR count). The van der Waals surface area contributed by atoms with Crippen LogP contribution in [0.3, 0.4) is 0 Å². The highest BCUT2D eigenvalue weighted by Crippen LogP contribution is 2.20. The molecular formula is C15H21N5O. The molecule has 6 nitrogen and oxygen atoms in total. The predicted molar refractivity (Wildman–Crippen MR) is 81.2 cm³/mol. The number of rotatable bonds is 1. The first-order valence-corrected chi connectivity index (χ1v) is 7.30. The highest BCUT2D eigenvalue weighted by atomic mass is 16.2. The van der Waals surface area contributed by atoms with Gasteiger partial charge in [-0.3, -0.25) is 9.48 Å². The maximum atomic E-state index is 12.9. The van der Waals surface area contributed by atoms with E-state index in [0.29, 0.717) is 17.6 Å². The number of carbonyl (C=O) groups is 1. The summed E-state index contributed by atoms with van der Waals surface area (Å²) in [6.45, 7) is 7.58. The molecule has 1 N–H and O–H groups in total. The second-order valence-corrected chi connectivity index (χ2v) is 6.00. The molecule has 0 unspecified atom stereocenters. The van der Waals surface area contributed by atoms with Crippen molar-refractivity contribution in [2.45, 2.75) is 32.9 Å². The van der Waals surface area contributed by atoms with E-state index in [1.165, 1.54) is 0 Å². The molecule has 1 amide bonds. The van der Waals surface area contributed by atoms with E-state index in [9.17, 15) is 4.79 Å². The average molecular weight is 287 g/mol. The van der Waals surface area contributed by atoms with E-state index >= 15 is 0 Å². The van der Waals surface area contributed by atoms with Crippen LogP contribution in [0.5, 0.6) is 0 Å². The van der Waals surface area contributed by atoms with Crippen LogP contribution in [0.25, 0.3) is 11.0 Å². The molecule has 0 spiro atoms. The quantitative estimate of drug-likeness (QED) is 0.853. The van der Waals surface area contributed by atoms with Crippen LogP contribution in [0.4, 0.5) is 0 Å². The molecule has 0 saturated carbocycles. The zero-order chi connectivity index (χ0) is 15.1. The van der Waals surface area contributed by atoms with Gasteiger partial charge in [-0.25, -0.2) is 4.98 Å². The van der Waals surface area contributed by atoms with Crippen LogP contribution in [0.2, 0.25) is 0 Å². The van der Waals surface area contributed by atoms with Crippen molar-refractivity contribution < 1.29 is 4.79 Å². The van der Waals surface area contributed by atoms with Gasteiger partial charge in [-0.15, -0.1) is 0 Å². The Hall–Kier alpha value is -1.95. The van der Waals surface area contributed by atoms with Gasteiger partial charge in [0.2, 0.25) is 0 Å². The second-order valence-electron chi connectivity index (χ2n) is 6.00. The lowest BCUT2D eigenvalue weighted by Crippen LogP contribution is -2.55. The molecular weight excluding hydrogens is 266 g/mol. The van der Waals surface area contributed by atoms with Gasteiger partial charge >= 0.3 is 0 Å². The minimum absolute atomic E-state index is 0.0682. The van der Waals surface area contributed by atoms with Gasteiger partial charge < -0.3 is 10.2 Å². The summed E-state index contributed by atoms with van der Waals surface area (Å²) in [4.78, 5) is 19.3. The summed E-state index contributed by atoms with van der Waals surface area (Å²) in [5, 5.41) is 8.50. The average Bonchev–Trinajstić information content (AvgIpc) is 2.78. The van der Waals surface area contributed by atoms with E-state index in [4.69, 9.17) is 0 Å². The Morgan fingerprint density at radius 2 is 2.00 bits per heavy atom. The van der Waals surface area contributed by atoms with E-state index in [1.54, 1.807) is 10.9 Å². The molecule has 2 aromatic rings. The standard InChI is InChI=1S/C15H21N5O/c1-9-5-12(13-6-16-19(4)14(13)18-9)15(21)20-7-10(2)17-11(3)8-20/h5-6,10-11,17H,7-8H2,1-4H3/t10-,11-/m1/s1. The van der Waals surface area contributed by atoms with Crippen molar-refractivity contribution in [2.24, 2.45) is 7.05 Å². The number of nitrogens with one attached hydrogen (secondary N) is 1. The van der Waals surface area contributed by atoms with Gasteiger partial charge in [-0.05, 0) is 26.8 Å². The number of fused-ring (bicyclic) bond motifs is 1. The maximum absolute atomic E-state index is 12.9. The maximum Gasteiger partial charge on any atom is 0.254 e. The number of hydrogen-bond donors (Lipinski definition) is 1. The third-order valence-corrected chi connectivity index (χ3v) is 3.91. The topological polar surface area (TPSA) is 63.1 Å². The molecule has 0 radical (unpaired) electrons. The molecule has 2 atom stereocenters. The third-order valence-electron chi connectivity index (χ3n) is 3.91. The van der Waals surface area contributed by atoms with Gasteiger partial charge in [0.05, 0.1) is 17.1 Å². The minimum atomic E-state index is 0.0682. The Morgan fingerprint density at radius 1 is 1.33 bits per heavy atom. The zero-order valence-electron chi connectivity index (χ0n) is 12.9. The number of nitrogens with zero attached hydrogens (tertiary/aromatic N) is 4. The van der Waals surface area contributed by atoms with Gasteiger partial charge in [-0.2, -0.15) is 5.10 Å². The van der Waals surface area contributed by atoms with Gasteiger partial charge in [0, 0.05) is 37.9 Å². The highest BCUT2D eigenvalue weighted by molar-refractivity contribution is 6.05. The Bertz CT molecular complexity index is 683. The lowest BCUT2D eigenvalue weighted by molar-refractivity contribution is 0.0675. The number of aryl methyl sites for hydroxylation is 2. The first-order chi connectivity index (χ1) is 9.95. The van der Waals surface area contributed by atoms with Crippen molar-refractivity contribution in [2.75, 3.05) is 13.1 Å². The largest absolute Gasteiger partial charge is 0.336 e. The number of amides is 1. The van der Waals surface area contributed by atoms with Crippen molar-refractivity contribution in [3.63, 3.8) is 0 Å². The number of piperazine rings is 1. The summed E-state index contributed by atoms with van der Waals surface area (Å²) in [7, 11) is 1.85. The van der Waals surface area contributed by atoms with Crippen molar-refractivity contribution in [1.29, 1.82) is 0 Å². The van der Waals surface area contributed by atoms with Crippen LogP contribution >= 0.6 is 0 Å². The number of aromatic nitrogens is 3. The van der Waals surface area contributed by atoms with E-state index in [-0.39, 0.29) is 5.91 Å². The minimum Gasteiger partial charge on any atom is -0.336 e. The highest BCUT2D eigenvalue weighted by Gasteiger charge is 2.27. The SMILES string of the molecule is Cc1cc(C(=O)N2C[C@@H](C)N[C@H](C)C2)c2cnn(C)c2n1. The number of carbonyl (C=O) groups excluding carboxylic acids is 1. The molecule has 112 valence electrons. The molecule has 21 heavy (non-hydrogen) atoms. The molecule has 1 aliphatic rings. The zero-order valence-corrected chi connectivity index (χ0v) is 12.9. The predicted octanol–water partition coefficient (Wildman–Crippen LogP) is 1.10. The fraction of sp³-hybridized carbons (Fsp3) is 0.533. The molecule has 1 saturated heterocycles. The van der Waals surface area contributed by atoms with Crippen LogP contribution in [0, 0.1) is 6.92 Å². The van der Waals surface area contributed by atoms with Crippen LogP contribution in [0.15, 0.2) is 12.3 Å². The molecule has 1 fully saturated rings. The second kappa shape index (κ2) is 5.11. The van der Waals surface area contributed by atoms with Gasteiger partial charge in [-0.1, -0.05) is 0 Å². The van der Waals surface area contributed by atoms with Crippen LogP contribution in [0.1, 0.15) is 29.9 Å². The van der Waals surface area contributed by atoms with Crippen LogP contribution in [-0.4, -0.2) is 50.7 Å². The monoisotopic (exact) mass is 287 g/mol. The lowest BCUT2D eigenvalue weighted by Gasteiger charge is -2.36. The summed E-state index contributed by atoms with van der Waals surface area (Å²) in [5.41, 5.74) is 2.30. The van der Waals surface area contributed by atoms with E-state index in [0.717, 1.165) is 29.8 Å². The Labute approximate surface area is 124 Å². The normalized spacial score (nSPS) is 22.8. The Balaban J connectivity index is 2.01. The lowest BCUT2D eigenvalue weighted by atomic mass is 10.1. The molecule has 1 aliphatic heterocycles. The number of pyridine rings is 1. The van der Waals surface area contributed by atoms with E-state index in [1.807, 2.05) is 24.9 Å². The van der Waals surface area contributed by atoms with Crippen LogP contribution in [-0.2, 0) is 7.05 Å². The summed E-state index contributed by atoms with van der Waals surface area (Å²) in [5.74, 6) is 0.0682. The summed E-state index contributed by atoms with van der Waals surface area (Å²) in [6.07, 6.45) is 1.73. The fourth-order valence-electron chi connectivity index (χ4n) is 3.08. The summed E-state index contributed by atoms with van der Waals surface area (Å²) >= 11 is 0. The number of hydrogen-bond acceptors (Lipinski definition) is 4. The smallest absolute Gasteiger partial charge is 0.254 e. The molecule has 0 bridgehead atoms. The van der Waals surface area contributed by atoms with Crippen LogP contribution < -0.4 is 5.32 Å².